The van der Waals surface area contributed by atoms with E-state index in [1.807, 2.05) is 37.3 Å². The van der Waals surface area contributed by atoms with Gasteiger partial charge in [0.05, 0.1) is 11.2 Å². The average molecular weight is 278 g/mol. The molecular weight excluding hydrogens is 264 g/mol. The zero-order valence-corrected chi connectivity index (χ0v) is 11.5. The van der Waals surface area contributed by atoms with Crippen molar-refractivity contribution in [3.63, 3.8) is 0 Å². The van der Waals surface area contributed by atoms with Gasteiger partial charge in [-0.1, -0.05) is 30.3 Å². The molecule has 4 nitrogen and oxygen atoms in total. The second-order valence-electron chi connectivity index (χ2n) is 4.86. The fraction of sp³-hybridized carbons (Fsp3) is 0.0588. The summed E-state index contributed by atoms with van der Waals surface area (Å²) in [5.41, 5.74) is 2.41. The SMILES string of the molecule is Cc1ccc(O)c(NC(=O)c2ccc3ccccc3n2)c1. The van der Waals surface area contributed by atoms with Crippen LogP contribution in [-0.2, 0) is 0 Å². The molecule has 0 atom stereocenters. The van der Waals surface area contributed by atoms with Gasteiger partial charge >= 0.3 is 0 Å². The van der Waals surface area contributed by atoms with Crippen molar-refractivity contribution in [2.24, 2.45) is 0 Å². The van der Waals surface area contributed by atoms with Crippen LogP contribution in [0, 0.1) is 6.92 Å². The molecule has 0 bridgehead atoms. The van der Waals surface area contributed by atoms with Crippen molar-refractivity contribution in [2.75, 3.05) is 5.32 Å². The van der Waals surface area contributed by atoms with Crippen LogP contribution in [0.4, 0.5) is 5.69 Å². The van der Waals surface area contributed by atoms with Gasteiger partial charge in [-0.2, -0.15) is 0 Å². The van der Waals surface area contributed by atoms with Gasteiger partial charge in [-0.3, -0.25) is 4.79 Å². The zero-order valence-electron chi connectivity index (χ0n) is 11.5. The Bertz CT molecular complexity index is 828. The molecule has 0 unspecified atom stereocenters. The molecule has 3 aromatic rings. The number of nitrogens with one attached hydrogen (secondary N) is 1. The highest BCUT2D eigenvalue weighted by Gasteiger charge is 2.11. The van der Waals surface area contributed by atoms with Crippen molar-refractivity contribution >= 4 is 22.5 Å². The van der Waals surface area contributed by atoms with Gasteiger partial charge in [-0.05, 0) is 36.8 Å². The molecular formula is C17H14N2O2. The maximum Gasteiger partial charge on any atom is 0.274 e. The number of hydrogen-bond donors (Lipinski definition) is 2. The Morgan fingerprint density at radius 1 is 1.10 bits per heavy atom. The predicted octanol–water partition coefficient (Wildman–Crippen LogP) is 3.50. The molecule has 1 heterocycles. The lowest BCUT2D eigenvalue weighted by Crippen LogP contribution is -2.13. The van der Waals surface area contributed by atoms with Crippen LogP contribution in [0.25, 0.3) is 10.9 Å². The molecule has 1 aromatic heterocycles. The lowest BCUT2D eigenvalue weighted by Gasteiger charge is -2.08. The number of rotatable bonds is 2. The van der Waals surface area contributed by atoms with E-state index in [0.717, 1.165) is 16.5 Å². The van der Waals surface area contributed by atoms with Gasteiger partial charge in [0.2, 0.25) is 0 Å². The van der Waals surface area contributed by atoms with Crippen molar-refractivity contribution < 1.29 is 9.90 Å². The van der Waals surface area contributed by atoms with E-state index in [1.54, 1.807) is 24.3 Å². The molecule has 0 aliphatic heterocycles. The zero-order chi connectivity index (χ0) is 14.8. The van der Waals surface area contributed by atoms with E-state index in [1.165, 1.54) is 0 Å². The number of phenolic OH excluding ortho intramolecular Hbond substituents is 1. The quantitative estimate of drug-likeness (QED) is 0.705. The number of nitrogens with zero attached hydrogens (tertiary/aromatic N) is 1. The van der Waals surface area contributed by atoms with Crippen molar-refractivity contribution in [2.45, 2.75) is 6.92 Å². The molecule has 0 aliphatic rings. The van der Waals surface area contributed by atoms with Crippen LogP contribution in [-0.4, -0.2) is 16.0 Å². The van der Waals surface area contributed by atoms with Crippen LogP contribution in [0.15, 0.2) is 54.6 Å². The standard InChI is InChI=1S/C17H14N2O2/c1-11-6-9-16(20)15(10-11)19-17(21)14-8-7-12-4-2-3-5-13(12)18-14/h2-10,20H,1H3,(H,19,21). The van der Waals surface area contributed by atoms with Crippen LogP contribution in [0.1, 0.15) is 16.1 Å². The smallest absolute Gasteiger partial charge is 0.274 e. The monoisotopic (exact) mass is 278 g/mol. The summed E-state index contributed by atoms with van der Waals surface area (Å²) >= 11 is 0. The number of pyridine rings is 1. The first kappa shape index (κ1) is 13.1. The number of fused-ring (bicyclic) bond motifs is 1. The number of carbonyl (C=O) groups excluding carboxylic acids is 1. The molecule has 0 spiro atoms. The molecule has 0 saturated heterocycles. The topological polar surface area (TPSA) is 62.2 Å². The highest BCUT2D eigenvalue weighted by atomic mass is 16.3. The molecule has 0 fully saturated rings. The summed E-state index contributed by atoms with van der Waals surface area (Å²) in [6, 6.07) is 16.2. The average Bonchev–Trinajstić information content (AvgIpc) is 2.50. The van der Waals surface area contributed by atoms with Crippen molar-refractivity contribution in [1.82, 2.24) is 4.98 Å². The van der Waals surface area contributed by atoms with Gasteiger partial charge in [-0.15, -0.1) is 0 Å². The first-order chi connectivity index (χ1) is 10.1. The number of aromatic nitrogens is 1. The third-order valence-corrected chi connectivity index (χ3v) is 3.23. The Morgan fingerprint density at radius 2 is 1.90 bits per heavy atom. The molecule has 0 aliphatic carbocycles. The number of anilines is 1. The van der Waals surface area contributed by atoms with E-state index < -0.39 is 0 Å². The second kappa shape index (κ2) is 5.25. The number of aromatic hydroxyl groups is 1. The summed E-state index contributed by atoms with van der Waals surface area (Å²) in [5, 5.41) is 13.4. The maximum absolute atomic E-state index is 12.2. The number of para-hydroxylation sites is 1. The molecule has 3 rings (SSSR count). The van der Waals surface area contributed by atoms with Gasteiger partial charge in [0.25, 0.3) is 5.91 Å². The lowest BCUT2D eigenvalue weighted by molar-refractivity contribution is 0.102. The van der Waals surface area contributed by atoms with Gasteiger partial charge in [0, 0.05) is 5.39 Å². The van der Waals surface area contributed by atoms with Crippen LogP contribution >= 0.6 is 0 Å². The summed E-state index contributed by atoms with van der Waals surface area (Å²) < 4.78 is 0. The van der Waals surface area contributed by atoms with E-state index in [0.29, 0.717) is 11.4 Å². The van der Waals surface area contributed by atoms with E-state index in [4.69, 9.17) is 0 Å². The van der Waals surface area contributed by atoms with Crippen LogP contribution in [0.3, 0.4) is 0 Å². The molecule has 1 amide bonds. The molecule has 21 heavy (non-hydrogen) atoms. The Balaban J connectivity index is 1.91. The summed E-state index contributed by atoms with van der Waals surface area (Å²) in [6.45, 7) is 1.89. The molecule has 4 heteroatoms. The van der Waals surface area contributed by atoms with Crippen LogP contribution in [0.5, 0.6) is 5.75 Å². The normalized spacial score (nSPS) is 10.5. The number of phenols is 1. The summed E-state index contributed by atoms with van der Waals surface area (Å²) in [5.74, 6) is -0.309. The fourth-order valence-corrected chi connectivity index (χ4v) is 2.13. The number of carbonyl (C=O) groups is 1. The summed E-state index contributed by atoms with van der Waals surface area (Å²) in [4.78, 5) is 16.6. The summed E-state index contributed by atoms with van der Waals surface area (Å²) in [6.07, 6.45) is 0. The minimum absolute atomic E-state index is 0.0368. The molecule has 104 valence electrons. The van der Waals surface area contributed by atoms with Crippen LogP contribution < -0.4 is 5.32 Å². The van der Waals surface area contributed by atoms with Gasteiger partial charge in [0.1, 0.15) is 11.4 Å². The number of amides is 1. The van der Waals surface area contributed by atoms with Gasteiger partial charge in [-0.25, -0.2) is 4.98 Å². The Morgan fingerprint density at radius 3 is 2.76 bits per heavy atom. The Hall–Kier alpha value is -2.88. The minimum atomic E-state index is -0.346. The third-order valence-electron chi connectivity index (χ3n) is 3.23. The first-order valence-corrected chi connectivity index (χ1v) is 6.60. The second-order valence-corrected chi connectivity index (χ2v) is 4.86. The van der Waals surface area contributed by atoms with Crippen molar-refractivity contribution in [3.8, 4) is 5.75 Å². The molecule has 0 radical (unpaired) electrons. The number of benzene rings is 2. The van der Waals surface area contributed by atoms with Crippen molar-refractivity contribution in [1.29, 1.82) is 0 Å². The predicted molar refractivity (Wildman–Crippen MR) is 82.5 cm³/mol. The fourth-order valence-electron chi connectivity index (χ4n) is 2.13. The van der Waals surface area contributed by atoms with E-state index in [-0.39, 0.29) is 11.7 Å². The number of hydrogen-bond acceptors (Lipinski definition) is 3. The molecule has 0 saturated carbocycles. The molecule has 2 aromatic carbocycles. The Labute approximate surface area is 122 Å². The first-order valence-electron chi connectivity index (χ1n) is 6.60. The van der Waals surface area contributed by atoms with E-state index >= 15 is 0 Å². The van der Waals surface area contributed by atoms with Crippen molar-refractivity contribution in [3.05, 3.63) is 65.9 Å². The third kappa shape index (κ3) is 2.69. The van der Waals surface area contributed by atoms with Crippen LogP contribution in [0.2, 0.25) is 0 Å². The Kier molecular flexibility index (Phi) is 3.28. The van der Waals surface area contributed by atoms with E-state index in [9.17, 15) is 9.90 Å². The largest absolute Gasteiger partial charge is 0.506 e. The van der Waals surface area contributed by atoms with Gasteiger partial charge < -0.3 is 10.4 Å². The summed E-state index contributed by atoms with van der Waals surface area (Å²) in [7, 11) is 0. The lowest BCUT2D eigenvalue weighted by atomic mass is 10.2. The highest BCUT2D eigenvalue weighted by molar-refractivity contribution is 6.04. The minimum Gasteiger partial charge on any atom is -0.506 e. The molecule has 2 N–H and O–H groups in total. The van der Waals surface area contributed by atoms with Gasteiger partial charge in [0.15, 0.2) is 0 Å². The maximum atomic E-state index is 12.2. The highest BCUT2D eigenvalue weighted by Crippen LogP contribution is 2.24. The van der Waals surface area contributed by atoms with E-state index in [2.05, 4.69) is 10.3 Å². The number of aryl methyl sites for hydroxylation is 1.